The van der Waals surface area contributed by atoms with Crippen molar-refractivity contribution in [2.45, 2.75) is 38.5 Å². The number of β-amino-alcohol motifs (C(OH)–C–C–N with tert-alkyl or cyclic N) is 1. The molecule has 2 atom stereocenters. The fourth-order valence-corrected chi connectivity index (χ4v) is 2.81. The minimum absolute atomic E-state index is 0.396. The predicted molar refractivity (Wildman–Crippen MR) is 80.1 cm³/mol. The molecule has 1 N–H and O–H groups in total. The van der Waals surface area contributed by atoms with Gasteiger partial charge in [-0.15, -0.1) is 0 Å². The van der Waals surface area contributed by atoms with Crippen LogP contribution in [0, 0.1) is 0 Å². The van der Waals surface area contributed by atoms with E-state index in [-0.39, 0.29) is 0 Å². The molecule has 0 aliphatic carbocycles. The largest absolute Gasteiger partial charge is 0.444 e. The van der Waals surface area contributed by atoms with E-state index in [2.05, 4.69) is 28.8 Å². The molecule has 2 rings (SSSR count). The van der Waals surface area contributed by atoms with Gasteiger partial charge >= 0.3 is 0 Å². The molecule has 21 heavy (non-hydrogen) atoms. The fourth-order valence-electron chi connectivity index (χ4n) is 2.81. The number of likely N-dealkylation sites (tertiary alicyclic amines) is 1. The zero-order chi connectivity index (χ0) is 15.2. The van der Waals surface area contributed by atoms with Gasteiger partial charge in [0, 0.05) is 32.7 Å². The number of likely N-dealkylation sites (N-methyl/N-ethyl adjacent to an activating group) is 1. The van der Waals surface area contributed by atoms with Crippen LogP contribution in [0.2, 0.25) is 0 Å². The van der Waals surface area contributed by atoms with Crippen LogP contribution >= 0.6 is 0 Å². The predicted octanol–water partition coefficient (Wildman–Crippen LogP) is 0.750. The highest BCUT2D eigenvalue weighted by atomic mass is 16.5. The number of nitrogens with zero attached hydrogens (tertiary/aromatic N) is 3. The van der Waals surface area contributed by atoms with E-state index in [1.807, 2.05) is 6.20 Å². The van der Waals surface area contributed by atoms with Crippen LogP contribution in [-0.4, -0.2) is 72.4 Å². The molecule has 1 aromatic rings. The Labute approximate surface area is 126 Å². The molecule has 0 radical (unpaired) electrons. The molecule has 0 spiro atoms. The van der Waals surface area contributed by atoms with E-state index in [0.29, 0.717) is 19.2 Å². The quantitative estimate of drug-likeness (QED) is 0.764. The summed E-state index contributed by atoms with van der Waals surface area (Å²) in [7, 11) is 3.72. The van der Waals surface area contributed by atoms with E-state index in [4.69, 9.17) is 9.15 Å². The van der Waals surface area contributed by atoms with E-state index < -0.39 is 6.10 Å². The topological polar surface area (TPSA) is 62.0 Å². The number of hydrogen-bond donors (Lipinski definition) is 1. The van der Waals surface area contributed by atoms with Gasteiger partial charge < -0.3 is 14.3 Å². The second-order valence-corrected chi connectivity index (χ2v) is 5.80. The minimum Gasteiger partial charge on any atom is -0.444 e. The summed E-state index contributed by atoms with van der Waals surface area (Å²) in [5.41, 5.74) is 0. The van der Waals surface area contributed by atoms with Crippen molar-refractivity contribution in [2.75, 3.05) is 40.4 Å². The van der Waals surface area contributed by atoms with Crippen LogP contribution in [0.15, 0.2) is 10.6 Å². The highest BCUT2D eigenvalue weighted by Crippen LogP contribution is 2.17. The van der Waals surface area contributed by atoms with E-state index in [1.165, 1.54) is 0 Å². The van der Waals surface area contributed by atoms with Crippen LogP contribution in [0.1, 0.15) is 25.0 Å². The fraction of sp³-hybridized carbons (Fsp3) is 0.800. The number of rotatable bonds is 8. The first-order chi connectivity index (χ1) is 10.1. The van der Waals surface area contributed by atoms with Gasteiger partial charge in [-0.2, -0.15) is 0 Å². The SMILES string of the molecule is CCc1cnc(CN(C)[C@@H]2CCN(C[C@@H](O)COC)C2)o1. The van der Waals surface area contributed by atoms with Gasteiger partial charge in [0.1, 0.15) is 5.76 Å². The van der Waals surface area contributed by atoms with Gasteiger partial charge in [0.25, 0.3) is 0 Å². The van der Waals surface area contributed by atoms with E-state index in [1.54, 1.807) is 7.11 Å². The van der Waals surface area contributed by atoms with Crippen LogP contribution in [-0.2, 0) is 17.7 Å². The molecule has 6 heteroatoms. The summed E-state index contributed by atoms with van der Waals surface area (Å²) in [4.78, 5) is 8.89. The van der Waals surface area contributed by atoms with Crippen molar-refractivity contribution < 1.29 is 14.3 Å². The summed E-state index contributed by atoms with van der Waals surface area (Å²) in [5, 5.41) is 9.79. The van der Waals surface area contributed by atoms with Crippen molar-refractivity contribution in [3.8, 4) is 0 Å². The number of aliphatic hydroxyl groups is 1. The lowest BCUT2D eigenvalue weighted by Crippen LogP contribution is -2.37. The summed E-state index contributed by atoms with van der Waals surface area (Å²) in [6.07, 6.45) is 3.39. The summed E-state index contributed by atoms with van der Waals surface area (Å²) >= 11 is 0. The van der Waals surface area contributed by atoms with E-state index >= 15 is 0 Å². The number of aliphatic hydroxyl groups excluding tert-OH is 1. The van der Waals surface area contributed by atoms with Gasteiger partial charge in [-0.3, -0.25) is 9.80 Å². The Morgan fingerprint density at radius 3 is 3.10 bits per heavy atom. The third-order valence-corrected chi connectivity index (χ3v) is 4.03. The zero-order valence-corrected chi connectivity index (χ0v) is 13.3. The first-order valence-corrected chi connectivity index (χ1v) is 7.65. The van der Waals surface area contributed by atoms with Gasteiger partial charge in [-0.25, -0.2) is 4.98 Å². The molecule has 0 aromatic carbocycles. The molecular formula is C15H27N3O3. The molecule has 120 valence electrons. The van der Waals surface area contributed by atoms with Crippen LogP contribution in [0.25, 0.3) is 0 Å². The number of methoxy groups -OCH3 is 1. The Bertz CT molecular complexity index is 424. The van der Waals surface area contributed by atoms with Gasteiger partial charge in [0.2, 0.25) is 5.89 Å². The van der Waals surface area contributed by atoms with Crippen molar-refractivity contribution in [3.05, 3.63) is 17.8 Å². The first kappa shape index (κ1) is 16.4. The van der Waals surface area contributed by atoms with Crippen molar-refractivity contribution in [2.24, 2.45) is 0 Å². The number of ether oxygens (including phenoxy) is 1. The van der Waals surface area contributed by atoms with Crippen LogP contribution in [0.4, 0.5) is 0 Å². The summed E-state index contributed by atoms with van der Waals surface area (Å²) < 4.78 is 10.6. The average Bonchev–Trinajstić information content (AvgIpc) is 3.08. The molecule has 0 bridgehead atoms. The third-order valence-electron chi connectivity index (χ3n) is 4.03. The van der Waals surface area contributed by atoms with Crippen LogP contribution < -0.4 is 0 Å². The maximum Gasteiger partial charge on any atom is 0.208 e. The molecule has 0 saturated carbocycles. The molecule has 6 nitrogen and oxygen atoms in total. The lowest BCUT2D eigenvalue weighted by Gasteiger charge is -2.24. The van der Waals surface area contributed by atoms with Gasteiger partial charge in [-0.05, 0) is 20.0 Å². The maximum absolute atomic E-state index is 9.79. The molecule has 1 fully saturated rings. The minimum atomic E-state index is -0.405. The highest BCUT2D eigenvalue weighted by Gasteiger charge is 2.27. The molecule has 1 aliphatic rings. The highest BCUT2D eigenvalue weighted by molar-refractivity contribution is 4.94. The van der Waals surface area contributed by atoms with Crippen molar-refractivity contribution in [1.82, 2.24) is 14.8 Å². The Balaban J connectivity index is 1.77. The van der Waals surface area contributed by atoms with Crippen molar-refractivity contribution >= 4 is 0 Å². The monoisotopic (exact) mass is 297 g/mol. The molecular weight excluding hydrogens is 270 g/mol. The van der Waals surface area contributed by atoms with Gasteiger partial charge in [-0.1, -0.05) is 6.92 Å². The smallest absolute Gasteiger partial charge is 0.208 e. The van der Waals surface area contributed by atoms with E-state index in [9.17, 15) is 5.11 Å². The van der Waals surface area contributed by atoms with Gasteiger partial charge in [0.15, 0.2) is 0 Å². The van der Waals surface area contributed by atoms with E-state index in [0.717, 1.165) is 44.1 Å². The lowest BCUT2D eigenvalue weighted by atomic mass is 10.2. The number of oxazole rings is 1. The molecule has 1 aromatic heterocycles. The number of hydrogen-bond acceptors (Lipinski definition) is 6. The maximum atomic E-state index is 9.79. The normalized spacial score (nSPS) is 21.3. The zero-order valence-electron chi connectivity index (χ0n) is 13.3. The average molecular weight is 297 g/mol. The third kappa shape index (κ3) is 4.78. The number of aromatic nitrogens is 1. The van der Waals surface area contributed by atoms with Gasteiger partial charge in [0.05, 0.1) is 25.5 Å². The Hall–Kier alpha value is -0.950. The second kappa shape index (κ2) is 7.89. The summed E-state index contributed by atoms with van der Waals surface area (Å²) in [6.45, 7) is 5.86. The molecule has 0 amide bonds. The first-order valence-electron chi connectivity index (χ1n) is 7.65. The van der Waals surface area contributed by atoms with Crippen LogP contribution in [0.5, 0.6) is 0 Å². The standard InChI is InChI=1S/C15H27N3O3/c1-4-14-7-16-15(21-14)10-17(2)12-5-6-18(8-12)9-13(19)11-20-3/h7,12-13,19H,4-6,8-11H2,1-3H3/t12-,13-/m1/s1. The summed E-state index contributed by atoms with van der Waals surface area (Å²) in [6, 6.07) is 0.483. The Morgan fingerprint density at radius 1 is 1.62 bits per heavy atom. The summed E-state index contributed by atoms with van der Waals surface area (Å²) in [5.74, 6) is 1.72. The Kier molecular flexibility index (Phi) is 6.17. The number of aryl methyl sites for hydroxylation is 1. The van der Waals surface area contributed by atoms with Crippen molar-refractivity contribution in [1.29, 1.82) is 0 Å². The molecule has 1 saturated heterocycles. The Morgan fingerprint density at radius 2 is 2.43 bits per heavy atom. The molecule has 2 heterocycles. The van der Waals surface area contributed by atoms with Crippen molar-refractivity contribution in [3.63, 3.8) is 0 Å². The lowest BCUT2D eigenvalue weighted by molar-refractivity contribution is 0.0412. The van der Waals surface area contributed by atoms with Crippen LogP contribution in [0.3, 0.4) is 0 Å². The molecule has 1 aliphatic heterocycles. The molecule has 0 unspecified atom stereocenters. The second-order valence-electron chi connectivity index (χ2n) is 5.80.